The van der Waals surface area contributed by atoms with Crippen molar-refractivity contribution < 1.29 is 14.6 Å². The standard InChI is InChI=1S/C20H22N6O3/c1-28-19-18-16(13-2-3-17-21-5-7-25(17)12-13)4-6-26(18)24-20(23-19)22-14-10-15(11-14)29-9-8-27/h2-7,12,14-15,27H,8-11H2,1H3,(H,22,24)/t14-,15+. The molecule has 0 unspecified atom stereocenters. The Morgan fingerprint density at radius 2 is 2.14 bits per heavy atom. The molecule has 0 aliphatic heterocycles. The summed E-state index contributed by atoms with van der Waals surface area (Å²) < 4.78 is 14.9. The maximum Gasteiger partial charge on any atom is 0.244 e. The highest BCUT2D eigenvalue weighted by Crippen LogP contribution is 2.32. The predicted molar refractivity (Wildman–Crippen MR) is 107 cm³/mol. The van der Waals surface area contributed by atoms with Crippen LogP contribution in [-0.2, 0) is 4.74 Å². The molecule has 0 bridgehead atoms. The lowest BCUT2D eigenvalue weighted by Crippen LogP contribution is -2.41. The molecule has 5 rings (SSSR count). The number of anilines is 1. The van der Waals surface area contributed by atoms with Gasteiger partial charge in [0.2, 0.25) is 11.8 Å². The highest BCUT2D eigenvalue weighted by atomic mass is 16.5. The van der Waals surface area contributed by atoms with Crippen molar-refractivity contribution in [1.29, 1.82) is 0 Å². The van der Waals surface area contributed by atoms with Gasteiger partial charge in [0.1, 0.15) is 11.2 Å². The van der Waals surface area contributed by atoms with Crippen molar-refractivity contribution in [2.45, 2.75) is 25.0 Å². The minimum absolute atomic E-state index is 0.0509. The minimum atomic E-state index is 0.0509. The Kier molecular flexibility index (Phi) is 4.53. The number of fused-ring (bicyclic) bond motifs is 2. The largest absolute Gasteiger partial charge is 0.479 e. The third-order valence-electron chi connectivity index (χ3n) is 5.25. The molecule has 1 fully saturated rings. The monoisotopic (exact) mass is 394 g/mol. The van der Waals surface area contributed by atoms with Gasteiger partial charge in [-0.15, -0.1) is 5.10 Å². The van der Waals surface area contributed by atoms with Crippen LogP contribution in [0.2, 0.25) is 0 Å². The summed E-state index contributed by atoms with van der Waals surface area (Å²) >= 11 is 0. The first kappa shape index (κ1) is 17.9. The van der Waals surface area contributed by atoms with E-state index in [1.807, 2.05) is 41.2 Å². The Balaban J connectivity index is 1.42. The summed E-state index contributed by atoms with van der Waals surface area (Å²) in [6.07, 6.45) is 9.55. The molecule has 9 nitrogen and oxygen atoms in total. The number of methoxy groups -OCH3 is 1. The van der Waals surface area contributed by atoms with Crippen LogP contribution < -0.4 is 10.1 Å². The molecule has 0 amide bonds. The zero-order valence-corrected chi connectivity index (χ0v) is 16.0. The van der Waals surface area contributed by atoms with E-state index >= 15 is 0 Å². The van der Waals surface area contributed by atoms with Gasteiger partial charge in [-0.3, -0.25) is 0 Å². The zero-order chi connectivity index (χ0) is 19.8. The van der Waals surface area contributed by atoms with E-state index in [9.17, 15) is 0 Å². The number of nitrogens with zero attached hydrogens (tertiary/aromatic N) is 5. The molecule has 0 spiro atoms. The molecular formula is C20H22N6O3. The number of hydrogen-bond donors (Lipinski definition) is 2. The van der Waals surface area contributed by atoms with Gasteiger partial charge >= 0.3 is 0 Å². The fraction of sp³-hybridized carbons (Fsp3) is 0.350. The zero-order valence-electron chi connectivity index (χ0n) is 16.0. The fourth-order valence-electron chi connectivity index (χ4n) is 3.73. The van der Waals surface area contributed by atoms with Crippen molar-refractivity contribution in [2.24, 2.45) is 0 Å². The predicted octanol–water partition coefficient (Wildman–Crippen LogP) is 2.00. The van der Waals surface area contributed by atoms with Crippen molar-refractivity contribution in [3.8, 4) is 17.0 Å². The van der Waals surface area contributed by atoms with E-state index in [-0.39, 0.29) is 18.8 Å². The lowest BCUT2D eigenvalue weighted by atomic mass is 9.89. The van der Waals surface area contributed by atoms with Crippen LogP contribution in [0.3, 0.4) is 0 Å². The number of hydrogen-bond acceptors (Lipinski definition) is 7. The van der Waals surface area contributed by atoms with E-state index in [1.54, 1.807) is 17.8 Å². The van der Waals surface area contributed by atoms with Crippen LogP contribution in [-0.4, -0.2) is 61.6 Å². The second-order valence-corrected chi connectivity index (χ2v) is 7.11. The summed E-state index contributed by atoms with van der Waals surface area (Å²) in [4.78, 5) is 8.86. The third-order valence-corrected chi connectivity index (χ3v) is 5.25. The molecule has 4 aromatic heterocycles. The molecule has 2 N–H and O–H groups in total. The van der Waals surface area contributed by atoms with Crippen LogP contribution >= 0.6 is 0 Å². The van der Waals surface area contributed by atoms with Crippen molar-refractivity contribution >= 4 is 17.1 Å². The maximum atomic E-state index is 8.84. The summed E-state index contributed by atoms with van der Waals surface area (Å²) in [5.41, 5.74) is 3.73. The third kappa shape index (κ3) is 3.28. The number of rotatable bonds is 7. The number of nitrogens with one attached hydrogen (secondary N) is 1. The van der Waals surface area contributed by atoms with Gasteiger partial charge in [-0.05, 0) is 31.0 Å². The Bertz CT molecular complexity index is 1150. The first-order valence-corrected chi connectivity index (χ1v) is 9.60. The van der Waals surface area contributed by atoms with E-state index in [2.05, 4.69) is 20.4 Å². The first-order valence-electron chi connectivity index (χ1n) is 9.60. The average molecular weight is 394 g/mol. The Hall–Kier alpha value is -3.17. The quantitative estimate of drug-likeness (QED) is 0.495. The van der Waals surface area contributed by atoms with Crippen LogP contribution in [0.15, 0.2) is 43.0 Å². The number of ether oxygens (including phenoxy) is 2. The average Bonchev–Trinajstić information content (AvgIpc) is 3.35. The van der Waals surface area contributed by atoms with Gasteiger partial charge in [-0.25, -0.2) is 9.50 Å². The summed E-state index contributed by atoms with van der Waals surface area (Å²) in [7, 11) is 1.62. The lowest BCUT2D eigenvalue weighted by molar-refractivity contribution is -0.0196. The molecule has 9 heteroatoms. The van der Waals surface area contributed by atoms with Gasteiger partial charge in [0.05, 0.1) is 26.4 Å². The summed E-state index contributed by atoms with van der Waals surface area (Å²) in [6.45, 7) is 0.431. The Labute approximate surface area is 166 Å². The van der Waals surface area contributed by atoms with Gasteiger partial charge in [0, 0.05) is 42.0 Å². The molecule has 4 aromatic rings. The van der Waals surface area contributed by atoms with Crippen molar-refractivity contribution in [2.75, 3.05) is 25.6 Å². The summed E-state index contributed by atoms with van der Waals surface area (Å²) in [5.74, 6) is 1.04. The summed E-state index contributed by atoms with van der Waals surface area (Å²) in [5, 5.41) is 16.8. The van der Waals surface area contributed by atoms with Crippen molar-refractivity contribution in [3.63, 3.8) is 0 Å². The van der Waals surface area contributed by atoms with E-state index in [4.69, 9.17) is 14.6 Å². The molecule has 1 aliphatic rings. The lowest BCUT2D eigenvalue weighted by Gasteiger charge is -2.35. The van der Waals surface area contributed by atoms with E-state index in [0.29, 0.717) is 18.4 Å². The van der Waals surface area contributed by atoms with Gasteiger partial charge in [-0.2, -0.15) is 4.98 Å². The van der Waals surface area contributed by atoms with Crippen LogP contribution in [0.5, 0.6) is 5.88 Å². The van der Waals surface area contributed by atoms with Gasteiger partial charge in [-0.1, -0.05) is 0 Å². The van der Waals surface area contributed by atoms with Crippen molar-refractivity contribution in [1.82, 2.24) is 24.0 Å². The molecule has 29 heavy (non-hydrogen) atoms. The second-order valence-electron chi connectivity index (χ2n) is 7.11. The van der Waals surface area contributed by atoms with Crippen LogP contribution in [0, 0.1) is 0 Å². The maximum absolute atomic E-state index is 8.84. The molecule has 1 saturated carbocycles. The van der Waals surface area contributed by atoms with E-state index in [0.717, 1.165) is 35.1 Å². The van der Waals surface area contributed by atoms with Crippen LogP contribution in [0.4, 0.5) is 5.95 Å². The minimum Gasteiger partial charge on any atom is -0.479 e. The van der Waals surface area contributed by atoms with Gasteiger partial charge < -0.3 is 24.3 Å². The topological polar surface area (TPSA) is 98.2 Å². The Morgan fingerprint density at radius 3 is 2.97 bits per heavy atom. The van der Waals surface area contributed by atoms with Crippen LogP contribution in [0.1, 0.15) is 12.8 Å². The van der Waals surface area contributed by atoms with Crippen molar-refractivity contribution in [3.05, 3.63) is 43.0 Å². The van der Waals surface area contributed by atoms with Gasteiger partial charge in [0.25, 0.3) is 0 Å². The molecule has 0 saturated heterocycles. The molecule has 1 aliphatic carbocycles. The number of imidazole rings is 1. The molecule has 0 aromatic carbocycles. The van der Waals surface area contributed by atoms with Crippen LogP contribution in [0.25, 0.3) is 22.3 Å². The molecule has 4 heterocycles. The second kappa shape index (κ2) is 7.34. The Morgan fingerprint density at radius 1 is 1.24 bits per heavy atom. The number of aromatic nitrogens is 5. The number of aliphatic hydroxyl groups excluding tert-OH is 1. The molecule has 0 atom stereocenters. The molecule has 0 radical (unpaired) electrons. The number of pyridine rings is 1. The van der Waals surface area contributed by atoms with E-state index in [1.165, 1.54) is 0 Å². The molecule has 150 valence electrons. The summed E-state index contributed by atoms with van der Waals surface area (Å²) in [6, 6.07) is 6.27. The molecular weight excluding hydrogens is 372 g/mol. The number of aliphatic hydroxyl groups is 1. The van der Waals surface area contributed by atoms with E-state index < -0.39 is 0 Å². The first-order chi connectivity index (χ1) is 14.2. The smallest absolute Gasteiger partial charge is 0.244 e. The highest BCUT2D eigenvalue weighted by Gasteiger charge is 2.30. The fourth-order valence-corrected chi connectivity index (χ4v) is 3.73. The SMILES string of the molecule is COc1nc(N[C@H]2C[C@@H](OCCO)C2)nn2ccc(-c3ccc4nccn4c3)c12. The van der Waals surface area contributed by atoms with Gasteiger partial charge in [0.15, 0.2) is 0 Å². The normalized spacial score (nSPS) is 18.8. The highest BCUT2D eigenvalue weighted by molar-refractivity contribution is 5.84.